The maximum absolute atomic E-state index is 5.20. The first-order valence-corrected chi connectivity index (χ1v) is 6.17. The van der Waals surface area contributed by atoms with Crippen LogP contribution in [0.5, 0.6) is 0 Å². The minimum Gasteiger partial charge on any atom is -0.360 e. The lowest BCUT2D eigenvalue weighted by molar-refractivity contribution is 0.267. The van der Waals surface area contributed by atoms with Crippen LogP contribution in [0.2, 0.25) is 0 Å². The van der Waals surface area contributed by atoms with Crippen molar-refractivity contribution in [3.8, 4) is 0 Å². The molecule has 0 spiro atoms. The molecule has 0 aliphatic rings. The Morgan fingerprint density at radius 3 is 2.75 bits per heavy atom. The Bertz CT molecular complexity index is 461. The molecule has 0 amide bonds. The summed E-state index contributed by atoms with van der Waals surface area (Å²) in [4.78, 5) is 3.65. The highest BCUT2D eigenvalue weighted by Gasteiger charge is 2.08. The largest absolute Gasteiger partial charge is 0.360 e. The maximum atomic E-state index is 5.20. The molecule has 86 valence electrons. The van der Waals surface area contributed by atoms with Crippen LogP contribution in [0, 0.1) is 13.8 Å². The Kier molecular flexibility index (Phi) is 3.41. The molecule has 16 heavy (non-hydrogen) atoms. The van der Waals surface area contributed by atoms with Gasteiger partial charge in [0.05, 0.1) is 12.2 Å². The lowest BCUT2D eigenvalue weighted by atomic mass is 10.3. The van der Waals surface area contributed by atoms with E-state index in [0.29, 0.717) is 0 Å². The smallest absolute Gasteiger partial charge is 0.150 e. The molecule has 0 unspecified atom stereocenters. The predicted octanol–water partition coefficient (Wildman–Crippen LogP) is 2.98. The van der Waals surface area contributed by atoms with Crippen LogP contribution in [0.4, 0.5) is 0 Å². The Morgan fingerprint density at radius 2 is 2.19 bits per heavy atom. The summed E-state index contributed by atoms with van der Waals surface area (Å²) in [6, 6.07) is 4.14. The molecule has 0 aliphatic carbocycles. The van der Waals surface area contributed by atoms with E-state index in [2.05, 4.69) is 35.5 Å². The molecule has 0 saturated carbocycles. The average molecular weight is 236 g/mol. The van der Waals surface area contributed by atoms with E-state index >= 15 is 0 Å². The molecule has 4 heteroatoms. The van der Waals surface area contributed by atoms with Gasteiger partial charge in [-0.3, -0.25) is 4.90 Å². The standard InChI is InChI=1S/C12H16N2OS/c1-9-4-5-16-12(9)8-14(3)7-11-6-10(2)13-15-11/h4-6H,7-8H2,1-3H3. The molecule has 0 saturated heterocycles. The van der Waals surface area contributed by atoms with E-state index in [-0.39, 0.29) is 0 Å². The van der Waals surface area contributed by atoms with E-state index in [1.165, 1.54) is 10.4 Å². The van der Waals surface area contributed by atoms with Gasteiger partial charge in [0.15, 0.2) is 5.76 Å². The number of hydrogen-bond donors (Lipinski definition) is 0. The van der Waals surface area contributed by atoms with E-state index in [0.717, 1.165) is 24.5 Å². The van der Waals surface area contributed by atoms with E-state index in [1.807, 2.05) is 13.0 Å². The SMILES string of the molecule is Cc1cc(CN(C)Cc2sccc2C)on1. The molecule has 0 aliphatic heterocycles. The molecule has 2 aromatic rings. The van der Waals surface area contributed by atoms with Crippen molar-refractivity contribution in [3.63, 3.8) is 0 Å². The molecule has 0 fully saturated rings. The number of thiophene rings is 1. The van der Waals surface area contributed by atoms with Gasteiger partial charge in [-0.1, -0.05) is 5.16 Å². The van der Waals surface area contributed by atoms with Crippen LogP contribution < -0.4 is 0 Å². The van der Waals surface area contributed by atoms with Gasteiger partial charge in [-0.15, -0.1) is 11.3 Å². The summed E-state index contributed by atoms with van der Waals surface area (Å²) in [7, 11) is 2.09. The average Bonchev–Trinajstić information content (AvgIpc) is 2.77. The monoisotopic (exact) mass is 236 g/mol. The van der Waals surface area contributed by atoms with Gasteiger partial charge in [0.1, 0.15) is 0 Å². The van der Waals surface area contributed by atoms with Gasteiger partial charge in [0.25, 0.3) is 0 Å². The summed E-state index contributed by atoms with van der Waals surface area (Å²) in [5, 5.41) is 6.02. The van der Waals surface area contributed by atoms with Crippen LogP contribution >= 0.6 is 11.3 Å². The number of rotatable bonds is 4. The molecule has 2 rings (SSSR count). The number of aromatic nitrogens is 1. The lowest BCUT2D eigenvalue weighted by Gasteiger charge is -2.13. The topological polar surface area (TPSA) is 29.3 Å². The first kappa shape index (κ1) is 11.4. The number of nitrogens with zero attached hydrogens (tertiary/aromatic N) is 2. The third-order valence-corrected chi connectivity index (χ3v) is 3.49. The van der Waals surface area contributed by atoms with Crippen molar-refractivity contribution in [2.24, 2.45) is 0 Å². The van der Waals surface area contributed by atoms with Crippen LogP contribution in [0.25, 0.3) is 0 Å². The predicted molar refractivity (Wildman–Crippen MR) is 65.5 cm³/mol. The highest BCUT2D eigenvalue weighted by atomic mass is 32.1. The number of hydrogen-bond acceptors (Lipinski definition) is 4. The molecular formula is C12H16N2OS. The molecule has 0 radical (unpaired) electrons. The molecule has 0 aromatic carbocycles. The van der Waals surface area contributed by atoms with Crippen molar-refractivity contribution in [1.82, 2.24) is 10.1 Å². The number of aryl methyl sites for hydroxylation is 2. The Balaban J connectivity index is 1.94. The van der Waals surface area contributed by atoms with Crippen molar-refractivity contribution in [3.05, 3.63) is 39.4 Å². The fraction of sp³-hybridized carbons (Fsp3) is 0.417. The van der Waals surface area contributed by atoms with Gasteiger partial charge in [-0.2, -0.15) is 0 Å². The normalized spacial score (nSPS) is 11.2. The van der Waals surface area contributed by atoms with Crippen molar-refractivity contribution in [1.29, 1.82) is 0 Å². The summed E-state index contributed by atoms with van der Waals surface area (Å²) in [5.41, 5.74) is 2.31. The van der Waals surface area contributed by atoms with Crippen molar-refractivity contribution >= 4 is 11.3 Å². The molecule has 0 atom stereocenters. The highest BCUT2D eigenvalue weighted by Crippen LogP contribution is 2.18. The zero-order chi connectivity index (χ0) is 11.5. The van der Waals surface area contributed by atoms with E-state index in [1.54, 1.807) is 11.3 Å². The molecule has 0 N–H and O–H groups in total. The highest BCUT2D eigenvalue weighted by molar-refractivity contribution is 7.10. The molecule has 3 nitrogen and oxygen atoms in total. The molecule has 2 aromatic heterocycles. The van der Waals surface area contributed by atoms with Crippen LogP contribution in [-0.2, 0) is 13.1 Å². The molecule has 2 heterocycles. The zero-order valence-corrected chi connectivity index (χ0v) is 10.7. The van der Waals surface area contributed by atoms with E-state index in [4.69, 9.17) is 4.52 Å². The Morgan fingerprint density at radius 1 is 1.38 bits per heavy atom. The first-order chi connectivity index (χ1) is 7.65. The van der Waals surface area contributed by atoms with Crippen LogP contribution in [-0.4, -0.2) is 17.1 Å². The van der Waals surface area contributed by atoms with Crippen molar-refractivity contribution in [2.45, 2.75) is 26.9 Å². The first-order valence-electron chi connectivity index (χ1n) is 5.29. The van der Waals surface area contributed by atoms with E-state index < -0.39 is 0 Å². The fourth-order valence-electron chi connectivity index (χ4n) is 1.62. The summed E-state index contributed by atoms with van der Waals surface area (Å²) < 4.78 is 5.20. The van der Waals surface area contributed by atoms with Gasteiger partial charge in [0, 0.05) is 17.5 Å². The third-order valence-electron chi connectivity index (χ3n) is 2.48. The van der Waals surface area contributed by atoms with Gasteiger partial charge in [0.2, 0.25) is 0 Å². The maximum Gasteiger partial charge on any atom is 0.150 e. The zero-order valence-electron chi connectivity index (χ0n) is 9.86. The fourth-order valence-corrected chi connectivity index (χ4v) is 2.61. The second kappa shape index (κ2) is 4.80. The summed E-state index contributed by atoms with van der Waals surface area (Å²) in [5.74, 6) is 0.925. The molecular weight excluding hydrogens is 220 g/mol. The Hall–Kier alpha value is -1.13. The minimum absolute atomic E-state index is 0.804. The second-order valence-corrected chi connectivity index (χ2v) is 5.13. The van der Waals surface area contributed by atoms with Crippen molar-refractivity contribution in [2.75, 3.05) is 7.05 Å². The van der Waals surface area contributed by atoms with Crippen LogP contribution in [0.3, 0.4) is 0 Å². The van der Waals surface area contributed by atoms with Crippen LogP contribution in [0.15, 0.2) is 22.0 Å². The van der Waals surface area contributed by atoms with Gasteiger partial charge < -0.3 is 4.52 Å². The van der Waals surface area contributed by atoms with E-state index in [9.17, 15) is 0 Å². The Labute approximate surface area is 99.7 Å². The summed E-state index contributed by atoms with van der Waals surface area (Å²) >= 11 is 1.81. The van der Waals surface area contributed by atoms with Gasteiger partial charge in [-0.25, -0.2) is 0 Å². The van der Waals surface area contributed by atoms with Gasteiger partial charge >= 0.3 is 0 Å². The second-order valence-electron chi connectivity index (χ2n) is 4.13. The third kappa shape index (κ3) is 2.71. The van der Waals surface area contributed by atoms with Gasteiger partial charge in [-0.05, 0) is 37.9 Å². The lowest BCUT2D eigenvalue weighted by Crippen LogP contribution is -2.16. The minimum atomic E-state index is 0.804. The van der Waals surface area contributed by atoms with Crippen molar-refractivity contribution < 1.29 is 4.52 Å². The quantitative estimate of drug-likeness (QED) is 0.817. The molecule has 0 bridgehead atoms. The summed E-state index contributed by atoms with van der Waals surface area (Å²) in [6.07, 6.45) is 0. The summed E-state index contributed by atoms with van der Waals surface area (Å²) in [6.45, 7) is 5.86. The van der Waals surface area contributed by atoms with Crippen LogP contribution in [0.1, 0.15) is 21.9 Å².